The Morgan fingerprint density at radius 2 is 1.20 bits per heavy atom. The van der Waals surface area contributed by atoms with Crippen LogP contribution in [0, 0.1) is 0 Å². The highest BCUT2D eigenvalue weighted by Crippen LogP contribution is 2.41. The van der Waals surface area contributed by atoms with Gasteiger partial charge in [0.25, 0.3) is 0 Å². The van der Waals surface area contributed by atoms with Crippen molar-refractivity contribution in [3.8, 4) is 28.3 Å². The van der Waals surface area contributed by atoms with Crippen molar-refractivity contribution in [1.82, 2.24) is 14.5 Å². The van der Waals surface area contributed by atoms with E-state index in [9.17, 15) is 0 Å². The van der Waals surface area contributed by atoms with Crippen LogP contribution >= 0.6 is 0 Å². The average Bonchev–Trinajstić information content (AvgIpc) is 3.27. The molecule has 3 nitrogen and oxygen atoms in total. The van der Waals surface area contributed by atoms with Crippen molar-refractivity contribution < 1.29 is 0 Å². The molecule has 10 rings (SSSR count). The second-order valence-electron chi connectivity index (χ2n) is 12.7. The van der Waals surface area contributed by atoms with Crippen LogP contribution in [0.3, 0.4) is 0 Å². The SMILES string of the molecule is C1=Cc2c(ccc3c2c2ccccc2n3-c2ccc3nc(-c4ccccc4)nc(-c4ccccc4)c3c2)C2=CC=1C=C(c1ccccc1)C=C2. The molecule has 0 aliphatic heterocycles. The van der Waals surface area contributed by atoms with Gasteiger partial charge in [0, 0.05) is 38.5 Å². The summed E-state index contributed by atoms with van der Waals surface area (Å²) in [5.74, 6) is 0.722. The number of hydrogen-bond donors (Lipinski definition) is 0. The van der Waals surface area contributed by atoms with Gasteiger partial charge in [-0.25, -0.2) is 9.97 Å². The summed E-state index contributed by atoms with van der Waals surface area (Å²) in [5.41, 5.74) is 17.9. The largest absolute Gasteiger partial charge is 0.309 e. The second kappa shape index (κ2) is 11.4. The molecule has 3 heteroatoms. The third kappa shape index (κ3) is 4.61. The first-order chi connectivity index (χ1) is 24.8. The van der Waals surface area contributed by atoms with Gasteiger partial charge in [-0.05, 0) is 76.4 Å². The van der Waals surface area contributed by atoms with Gasteiger partial charge in [-0.1, -0.05) is 127 Å². The maximum absolute atomic E-state index is 5.17. The van der Waals surface area contributed by atoms with E-state index in [0.29, 0.717) is 0 Å². The number of para-hydroxylation sites is 1. The predicted molar refractivity (Wildman–Crippen MR) is 208 cm³/mol. The van der Waals surface area contributed by atoms with Crippen LogP contribution in [-0.4, -0.2) is 14.5 Å². The first kappa shape index (κ1) is 28.2. The number of allylic oxidation sites excluding steroid dienone is 7. The standard InChI is InChI=1S/C47H29N3/c1-4-12-32(13-5-1)35-21-22-36-29-31(28-35)20-24-39-38(36)25-27-44-45(39)40-18-10-11-19-43(40)50(44)37-23-26-42-41(30-37)46(33-14-6-2-7-15-33)49-47(48-42)34-16-8-3-9-17-34/h1-19,21-30H. The van der Waals surface area contributed by atoms with E-state index in [4.69, 9.17) is 9.97 Å². The molecule has 2 bridgehead atoms. The van der Waals surface area contributed by atoms with Crippen molar-refractivity contribution in [2.24, 2.45) is 0 Å². The van der Waals surface area contributed by atoms with Crippen molar-refractivity contribution in [2.75, 3.05) is 0 Å². The van der Waals surface area contributed by atoms with Gasteiger partial charge >= 0.3 is 0 Å². The molecule has 0 radical (unpaired) electrons. The Morgan fingerprint density at radius 3 is 2.00 bits per heavy atom. The number of fused-ring (bicyclic) bond motifs is 8. The van der Waals surface area contributed by atoms with E-state index in [1.54, 1.807) is 0 Å². The fourth-order valence-electron chi connectivity index (χ4n) is 7.42. The Labute approximate surface area is 289 Å². The summed E-state index contributed by atoms with van der Waals surface area (Å²) in [4.78, 5) is 10.2. The molecule has 2 heterocycles. The van der Waals surface area contributed by atoms with Crippen LogP contribution in [0.25, 0.3) is 78.3 Å². The van der Waals surface area contributed by atoms with Gasteiger partial charge in [0.15, 0.2) is 5.82 Å². The third-order valence-corrected chi connectivity index (χ3v) is 9.76. The van der Waals surface area contributed by atoms with Gasteiger partial charge in [0.2, 0.25) is 0 Å². The molecule has 0 fully saturated rings. The molecule has 2 aliphatic rings. The maximum Gasteiger partial charge on any atom is 0.160 e. The highest BCUT2D eigenvalue weighted by Gasteiger charge is 2.21. The highest BCUT2D eigenvalue weighted by atomic mass is 15.0. The van der Waals surface area contributed by atoms with Crippen molar-refractivity contribution in [1.29, 1.82) is 0 Å². The first-order valence-electron chi connectivity index (χ1n) is 16.9. The predicted octanol–water partition coefficient (Wildman–Crippen LogP) is 11.6. The van der Waals surface area contributed by atoms with E-state index in [1.165, 1.54) is 38.6 Å². The van der Waals surface area contributed by atoms with Gasteiger partial charge in [-0.15, -0.1) is 5.73 Å². The summed E-state index contributed by atoms with van der Waals surface area (Å²) >= 11 is 0. The van der Waals surface area contributed by atoms with Crippen LogP contribution in [0.1, 0.15) is 16.7 Å². The fourth-order valence-corrected chi connectivity index (χ4v) is 7.42. The molecule has 8 aromatic rings. The Kier molecular flexibility index (Phi) is 6.45. The van der Waals surface area contributed by atoms with E-state index in [-0.39, 0.29) is 0 Å². The van der Waals surface area contributed by atoms with Gasteiger partial charge in [0.05, 0.1) is 22.2 Å². The minimum atomic E-state index is 0.722. The zero-order valence-electron chi connectivity index (χ0n) is 27.1. The average molecular weight is 636 g/mol. The molecule has 0 N–H and O–H groups in total. The van der Waals surface area contributed by atoms with E-state index in [2.05, 4.69) is 162 Å². The normalized spacial score (nSPS) is 13.5. The molecule has 50 heavy (non-hydrogen) atoms. The summed E-state index contributed by atoms with van der Waals surface area (Å²) in [6.45, 7) is 0. The summed E-state index contributed by atoms with van der Waals surface area (Å²) < 4.78 is 2.38. The van der Waals surface area contributed by atoms with Crippen LogP contribution in [0.15, 0.2) is 181 Å². The van der Waals surface area contributed by atoms with Crippen molar-refractivity contribution in [2.45, 2.75) is 0 Å². The van der Waals surface area contributed by atoms with Crippen LogP contribution in [0.2, 0.25) is 0 Å². The zero-order valence-corrected chi connectivity index (χ0v) is 27.1. The molecule has 0 amide bonds. The Balaban J connectivity index is 1.19. The number of nitrogens with zero attached hydrogens (tertiary/aromatic N) is 3. The van der Waals surface area contributed by atoms with E-state index in [0.717, 1.165) is 55.8 Å². The van der Waals surface area contributed by atoms with E-state index in [1.807, 2.05) is 24.3 Å². The lowest BCUT2D eigenvalue weighted by Crippen LogP contribution is -1.98. The Bertz CT molecular complexity index is 2810. The van der Waals surface area contributed by atoms with Gasteiger partial charge in [-0.3, -0.25) is 0 Å². The molecule has 6 aromatic carbocycles. The summed E-state index contributed by atoms with van der Waals surface area (Å²) in [6, 6.07) is 51.0. The summed E-state index contributed by atoms with van der Waals surface area (Å²) in [5, 5.41) is 3.44. The maximum atomic E-state index is 5.17. The molecular formula is C47H29N3. The molecule has 2 aliphatic carbocycles. The zero-order chi connectivity index (χ0) is 33.0. The second-order valence-corrected chi connectivity index (χ2v) is 12.7. The van der Waals surface area contributed by atoms with Crippen molar-refractivity contribution in [3.05, 3.63) is 198 Å². The van der Waals surface area contributed by atoms with Crippen LogP contribution < -0.4 is 0 Å². The van der Waals surface area contributed by atoms with Gasteiger partial charge < -0.3 is 4.57 Å². The molecule has 0 saturated carbocycles. The first-order valence-corrected chi connectivity index (χ1v) is 16.9. The molecular weight excluding hydrogens is 607 g/mol. The van der Waals surface area contributed by atoms with Crippen LogP contribution in [-0.2, 0) is 0 Å². The monoisotopic (exact) mass is 635 g/mol. The molecule has 0 spiro atoms. The summed E-state index contributed by atoms with van der Waals surface area (Å²) in [6.07, 6.45) is 11.1. The third-order valence-electron chi connectivity index (χ3n) is 9.76. The molecule has 0 unspecified atom stereocenters. The number of aromatic nitrogens is 3. The van der Waals surface area contributed by atoms with E-state index >= 15 is 0 Å². The lowest BCUT2D eigenvalue weighted by molar-refractivity contribution is 1.17. The van der Waals surface area contributed by atoms with Gasteiger partial charge in [-0.2, -0.15) is 0 Å². The minimum absolute atomic E-state index is 0.722. The molecule has 0 saturated heterocycles. The van der Waals surface area contributed by atoms with Crippen molar-refractivity contribution in [3.63, 3.8) is 0 Å². The lowest BCUT2D eigenvalue weighted by Gasteiger charge is -2.14. The molecule has 0 atom stereocenters. The van der Waals surface area contributed by atoms with Crippen LogP contribution in [0.5, 0.6) is 0 Å². The lowest BCUT2D eigenvalue weighted by atomic mass is 9.95. The summed E-state index contributed by atoms with van der Waals surface area (Å²) in [7, 11) is 0. The Morgan fingerprint density at radius 1 is 0.520 bits per heavy atom. The van der Waals surface area contributed by atoms with Gasteiger partial charge in [0.1, 0.15) is 0 Å². The number of benzene rings is 6. The smallest absolute Gasteiger partial charge is 0.160 e. The van der Waals surface area contributed by atoms with Crippen molar-refractivity contribution >= 4 is 49.9 Å². The quantitative estimate of drug-likeness (QED) is 0.180. The topological polar surface area (TPSA) is 30.7 Å². The van der Waals surface area contributed by atoms with Crippen LogP contribution in [0.4, 0.5) is 0 Å². The molecule has 232 valence electrons. The Hall–Kier alpha value is -6.80. The fraction of sp³-hybridized carbons (Fsp3) is 0. The highest BCUT2D eigenvalue weighted by molar-refractivity contribution is 6.15. The van der Waals surface area contributed by atoms with E-state index < -0.39 is 0 Å². The molecule has 2 aromatic heterocycles. The number of hydrogen-bond acceptors (Lipinski definition) is 2. The minimum Gasteiger partial charge on any atom is -0.309 e. The number of rotatable bonds is 4.